The van der Waals surface area contributed by atoms with E-state index in [-0.39, 0.29) is 17.3 Å². The fourth-order valence-electron chi connectivity index (χ4n) is 4.11. The van der Waals surface area contributed by atoms with E-state index >= 15 is 0 Å². The Kier molecular flexibility index (Phi) is 5.84. The first kappa shape index (κ1) is 20.8. The molecule has 1 aliphatic rings. The number of carbonyl (C=O) groups excluding carboxylic acids is 3. The van der Waals surface area contributed by atoms with E-state index in [1.54, 1.807) is 18.3 Å². The lowest BCUT2D eigenvalue weighted by Crippen LogP contribution is -2.38. The quantitative estimate of drug-likeness (QED) is 0.386. The molecule has 0 radical (unpaired) electrons. The molecule has 0 saturated carbocycles. The van der Waals surface area contributed by atoms with Crippen molar-refractivity contribution in [3.05, 3.63) is 71.2 Å². The molecule has 1 aliphatic heterocycles. The molecule has 1 aromatic heterocycles. The lowest BCUT2D eigenvalue weighted by atomic mass is 9.90. The predicted molar refractivity (Wildman–Crippen MR) is 113 cm³/mol. The van der Waals surface area contributed by atoms with Crippen molar-refractivity contribution in [3.63, 3.8) is 0 Å². The maximum Gasteiger partial charge on any atom is 0.379 e. The van der Waals surface area contributed by atoms with E-state index in [0.29, 0.717) is 30.0 Å². The summed E-state index contributed by atoms with van der Waals surface area (Å²) < 4.78 is 17.6. The van der Waals surface area contributed by atoms with Gasteiger partial charge in [0.15, 0.2) is 0 Å². The number of amides is 1. The molecule has 31 heavy (non-hydrogen) atoms. The second-order valence-electron chi connectivity index (χ2n) is 7.85. The minimum Gasteiger partial charge on any atom is -0.463 e. The van der Waals surface area contributed by atoms with Gasteiger partial charge in [-0.2, -0.15) is 0 Å². The number of halogens is 1. The van der Waals surface area contributed by atoms with Gasteiger partial charge in [-0.25, -0.2) is 9.18 Å². The fraction of sp³-hybridized carbons (Fsp3) is 0.292. The molecule has 1 N–H and O–H groups in total. The van der Waals surface area contributed by atoms with E-state index in [2.05, 4.69) is 9.72 Å². The molecule has 2 aromatic carbocycles. The molecular formula is C24H23FN2O4. The van der Waals surface area contributed by atoms with Gasteiger partial charge < -0.3 is 14.6 Å². The summed E-state index contributed by atoms with van der Waals surface area (Å²) in [4.78, 5) is 41.7. The lowest BCUT2D eigenvalue weighted by Gasteiger charge is -2.32. The van der Waals surface area contributed by atoms with Gasteiger partial charge in [-0.3, -0.25) is 9.59 Å². The first-order valence-corrected chi connectivity index (χ1v) is 10.2. The highest BCUT2D eigenvalue weighted by Gasteiger charge is 2.26. The van der Waals surface area contributed by atoms with Crippen LogP contribution in [0.4, 0.5) is 4.39 Å². The molecule has 6 nitrogen and oxygen atoms in total. The van der Waals surface area contributed by atoms with E-state index in [1.807, 2.05) is 17.0 Å². The van der Waals surface area contributed by atoms with Crippen molar-refractivity contribution in [2.45, 2.75) is 19.3 Å². The van der Waals surface area contributed by atoms with Gasteiger partial charge in [0.05, 0.1) is 12.7 Å². The summed E-state index contributed by atoms with van der Waals surface area (Å²) in [5.74, 6) is -1.58. The minimum absolute atomic E-state index is 0.103. The minimum atomic E-state index is -0.939. The van der Waals surface area contributed by atoms with Crippen molar-refractivity contribution in [2.75, 3.05) is 20.2 Å². The number of benzene rings is 2. The third-order valence-electron chi connectivity index (χ3n) is 5.88. The first-order chi connectivity index (χ1) is 15.0. The molecule has 7 heteroatoms. The number of nitrogens with zero attached hydrogens (tertiary/aromatic N) is 1. The van der Waals surface area contributed by atoms with Crippen LogP contribution >= 0.6 is 0 Å². The van der Waals surface area contributed by atoms with Crippen molar-refractivity contribution in [1.82, 2.24) is 9.88 Å². The third-order valence-corrected chi connectivity index (χ3v) is 5.88. The van der Waals surface area contributed by atoms with Gasteiger partial charge in [-0.15, -0.1) is 0 Å². The zero-order valence-corrected chi connectivity index (χ0v) is 17.2. The van der Waals surface area contributed by atoms with Crippen LogP contribution in [0.5, 0.6) is 0 Å². The number of hydrogen-bond donors (Lipinski definition) is 1. The Morgan fingerprint density at radius 1 is 1.10 bits per heavy atom. The highest BCUT2D eigenvalue weighted by molar-refractivity contribution is 6.41. The average Bonchev–Trinajstić information content (AvgIpc) is 3.23. The van der Waals surface area contributed by atoms with Crippen LogP contribution in [0.3, 0.4) is 0 Å². The molecule has 0 spiro atoms. The fourth-order valence-corrected chi connectivity index (χ4v) is 4.11. The highest BCUT2D eigenvalue weighted by atomic mass is 19.1. The van der Waals surface area contributed by atoms with Crippen molar-refractivity contribution in [1.29, 1.82) is 0 Å². The number of H-pyrrole nitrogens is 1. The number of aromatic amines is 1. The van der Waals surface area contributed by atoms with Gasteiger partial charge in [0.25, 0.3) is 11.7 Å². The van der Waals surface area contributed by atoms with Gasteiger partial charge in [0.1, 0.15) is 5.82 Å². The standard InChI is InChI=1S/C24H23FN2O4/c1-31-24(30)22(28)17-4-7-21-19(13-17)20(14-26-21)23(29)27-10-8-16(9-11-27)12-15-2-5-18(25)6-3-15/h2-7,13-14,16,26H,8-12H2,1H3. The number of Topliss-reactive ketones (excluding diaryl/α,β-unsaturated/α-hetero) is 1. The molecule has 0 bridgehead atoms. The Balaban J connectivity index is 1.45. The Morgan fingerprint density at radius 3 is 2.48 bits per heavy atom. The number of likely N-dealkylation sites (tertiary alicyclic amines) is 1. The lowest BCUT2D eigenvalue weighted by molar-refractivity contribution is -0.135. The second-order valence-corrected chi connectivity index (χ2v) is 7.85. The molecule has 2 heterocycles. The van der Waals surface area contributed by atoms with E-state index in [4.69, 9.17) is 0 Å². The Morgan fingerprint density at radius 2 is 1.81 bits per heavy atom. The van der Waals surface area contributed by atoms with Gasteiger partial charge in [-0.1, -0.05) is 12.1 Å². The van der Waals surface area contributed by atoms with E-state index in [9.17, 15) is 18.8 Å². The summed E-state index contributed by atoms with van der Waals surface area (Å²) in [6, 6.07) is 11.3. The van der Waals surface area contributed by atoms with Crippen LogP contribution < -0.4 is 0 Å². The number of esters is 1. The molecule has 0 atom stereocenters. The normalized spacial score (nSPS) is 14.6. The number of carbonyl (C=O) groups is 3. The largest absolute Gasteiger partial charge is 0.463 e. The zero-order chi connectivity index (χ0) is 22.0. The van der Waals surface area contributed by atoms with Crippen LogP contribution in [-0.2, 0) is 16.0 Å². The molecule has 160 valence electrons. The average molecular weight is 422 g/mol. The molecule has 0 aliphatic carbocycles. The molecule has 1 fully saturated rings. The predicted octanol–water partition coefficient (Wildman–Crippen LogP) is 3.76. The Bertz CT molecular complexity index is 1130. The molecule has 1 amide bonds. The first-order valence-electron chi connectivity index (χ1n) is 10.2. The third kappa shape index (κ3) is 4.35. The number of nitrogens with one attached hydrogen (secondary N) is 1. The van der Waals surface area contributed by atoms with E-state index < -0.39 is 11.8 Å². The monoisotopic (exact) mass is 422 g/mol. The topological polar surface area (TPSA) is 79.5 Å². The van der Waals surface area contributed by atoms with Crippen molar-refractivity contribution < 1.29 is 23.5 Å². The van der Waals surface area contributed by atoms with Gasteiger partial charge >= 0.3 is 5.97 Å². The number of piperidine rings is 1. The van der Waals surface area contributed by atoms with E-state index in [0.717, 1.165) is 37.5 Å². The van der Waals surface area contributed by atoms with Crippen LogP contribution in [0.25, 0.3) is 10.9 Å². The highest BCUT2D eigenvalue weighted by Crippen LogP contribution is 2.26. The van der Waals surface area contributed by atoms with Crippen LogP contribution in [0.2, 0.25) is 0 Å². The molecular weight excluding hydrogens is 399 g/mol. The summed E-state index contributed by atoms with van der Waals surface area (Å²) in [7, 11) is 1.16. The van der Waals surface area contributed by atoms with Crippen molar-refractivity contribution in [3.8, 4) is 0 Å². The van der Waals surface area contributed by atoms with Gasteiger partial charge in [0.2, 0.25) is 0 Å². The maximum absolute atomic E-state index is 13.1. The van der Waals surface area contributed by atoms with Crippen LogP contribution in [-0.4, -0.2) is 47.7 Å². The summed E-state index contributed by atoms with van der Waals surface area (Å²) in [5, 5.41) is 0.605. The Labute approximate surface area is 179 Å². The zero-order valence-electron chi connectivity index (χ0n) is 17.2. The number of methoxy groups -OCH3 is 1. The molecule has 3 aromatic rings. The van der Waals surface area contributed by atoms with Crippen molar-refractivity contribution in [2.24, 2.45) is 5.92 Å². The smallest absolute Gasteiger partial charge is 0.379 e. The number of aromatic nitrogens is 1. The number of ether oxygens (including phenoxy) is 1. The number of rotatable bonds is 5. The summed E-state index contributed by atoms with van der Waals surface area (Å²) in [6.07, 6.45) is 4.26. The number of fused-ring (bicyclic) bond motifs is 1. The van der Waals surface area contributed by atoms with Gasteiger partial charge in [0, 0.05) is 35.8 Å². The summed E-state index contributed by atoms with van der Waals surface area (Å²) >= 11 is 0. The van der Waals surface area contributed by atoms with Crippen molar-refractivity contribution >= 4 is 28.6 Å². The maximum atomic E-state index is 13.1. The van der Waals surface area contributed by atoms with Crippen LogP contribution in [0.15, 0.2) is 48.7 Å². The molecule has 4 rings (SSSR count). The van der Waals surface area contributed by atoms with Crippen LogP contribution in [0, 0.1) is 11.7 Å². The number of hydrogen-bond acceptors (Lipinski definition) is 4. The van der Waals surface area contributed by atoms with Crippen LogP contribution in [0.1, 0.15) is 39.1 Å². The number of ketones is 1. The van der Waals surface area contributed by atoms with E-state index in [1.165, 1.54) is 18.2 Å². The molecule has 0 unspecified atom stereocenters. The Hall–Kier alpha value is -3.48. The SMILES string of the molecule is COC(=O)C(=O)c1ccc2[nH]cc(C(=O)N3CCC(Cc4ccc(F)cc4)CC3)c2c1. The van der Waals surface area contributed by atoms with Gasteiger partial charge in [-0.05, 0) is 61.1 Å². The second kappa shape index (κ2) is 8.71. The summed E-state index contributed by atoms with van der Waals surface area (Å²) in [5.41, 5.74) is 2.49. The molecule has 1 saturated heterocycles. The summed E-state index contributed by atoms with van der Waals surface area (Å²) in [6.45, 7) is 1.27.